The van der Waals surface area contributed by atoms with Crippen LogP contribution in [0.4, 0.5) is 0 Å². The van der Waals surface area contributed by atoms with E-state index in [1.54, 1.807) is 24.3 Å². The highest BCUT2D eigenvalue weighted by atomic mass is 16.3. The minimum Gasteiger partial charge on any atom is -0.394 e. The molecule has 0 fully saturated rings. The zero-order valence-electron chi connectivity index (χ0n) is 7.53. The third-order valence-corrected chi connectivity index (χ3v) is 1.92. The number of Topliss-reactive ketones (excluding diaryl/α,β-unsaturated/α-hetero) is 1. The second-order valence-electron chi connectivity index (χ2n) is 2.97. The molecule has 0 aromatic heterocycles. The molecule has 3 nitrogen and oxygen atoms in total. The molecule has 0 aliphatic rings. The van der Waals surface area contributed by atoms with Crippen molar-refractivity contribution in [1.29, 1.82) is 0 Å². The number of aliphatic hydroxyl groups is 1. The third-order valence-electron chi connectivity index (χ3n) is 1.92. The lowest BCUT2D eigenvalue weighted by molar-refractivity contribution is 0.101. The maximum atomic E-state index is 11.0. The molecule has 0 spiro atoms. The van der Waals surface area contributed by atoms with Gasteiger partial charge in [-0.25, -0.2) is 0 Å². The van der Waals surface area contributed by atoms with Crippen molar-refractivity contribution in [1.82, 2.24) is 0 Å². The van der Waals surface area contributed by atoms with Gasteiger partial charge < -0.3 is 10.8 Å². The number of aliphatic hydroxyl groups excluding tert-OH is 1. The van der Waals surface area contributed by atoms with Crippen molar-refractivity contribution in [3.63, 3.8) is 0 Å². The van der Waals surface area contributed by atoms with Gasteiger partial charge in [0, 0.05) is 5.56 Å². The molecule has 0 heterocycles. The fourth-order valence-electron chi connectivity index (χ4n) is 1.09. The first-order valence-corrected chi connectivity index (χ1v) is 4.12. The van der Waals surface area contributed by atoms with Gasteiger partial charge in [-0.2, -0.15) is 0 Å². The van der Waals surface area contributed by atoms with E-state index in [-0.39, 0.29) is 12.4 Å². The Bertz CT molecular complexity index is 310. The standard InChI is InChI=1S/C10H13NO2/c1-7(13)8-3-2-4-9(5-8)10(11)6-12/h2-5,10,12H,6,11H2,1H3/t10-/m1/s1. The van der Waals surface area contributed by atoms with E-state index in [1.165, 1.54) is 6.92 Å². The highest BCUT2D eigenvalue weighted by Crippen LogP contribution is 2.12. The summed E-state index contributed by atoms with van der Waals surface area (Å²) in [6.45, 7) is 1.39. The van der Waals surface area contributed by atoms with Crippen molar-refractivity contribution in [3.05, 3.63) is 35.4 Å². The molecule has 3 heteroatoms. The van der Waals surface area contributed by atoms with Gasteiger partial charge in [0.25, 0.3) is 0 Å². The molecule has 0 radical (unpaired) electrons. The lowest BCUT2D eigenvalue weighted by Crippen LogP contribution is -2.14. The summed E-state index contributed by atoms with van der Waals surface area (Å²) in [7, 11) is 0. The minimum absolute atomic E-state index is 0.00647. The molecular formula is C10H13NO2. The predicted molar refractivity (Wildman–Crippen MR) is 50.5 cm³/mol. The first-order chi connectivity index (χ1) is 6.15. The molecule has 3 N–H and O–H groups in total. The average molecular weight is 179 g/mol. The van der Waals surface area contributed by atoms with Crippen molar-refractivity contribution < 1.29 is 9.90 Å². The summed E-state index contributed by atoms with van der Waals surface area (Å²) in [6.07, 6.45) is 0. The summed E-state index contributed by atoms with van der Waals surface area (Å²) in [5.74, 6) is 0.00647. The normalized spacial score (nSPS) is 12.5. The van der Waals surface area contributed by atoms with Gasteiger partial charge in [-0.05, 0) is 18.6 Å². The molecule has 13 heavy (non-hydrogen) atoms. The van der Waals surface area contributed by atoms with Crippen molar-refractivity contribution in [2.24, 2.45) is 5.73 Å². The van der Waals surface area contributed by atoms with Gasteiger partial charge in [0.2, 0.25) is 0 Å². The Balaban J connectivity index is 2.98. The minimum atomic E-state index is -0.403. The largest absolute Gasteiger partial charge is 0.394 e. The van der Waals surface area contributed by atoms with E-state index in [0.29, 0.717) is 5.56 Å². The van der Waals surface area contributed by atoms with E-state index in [9.17, 15) is 4.79 Å². The maximum absolute atomic E-state index is 11.0. The first-order valence-electron chi connectivity index (χ1n) is 4.12. The second-order valence-corrected chi connectivity index (χ2v) is 2.97. The van der Waals surface area contributed by atoms with Crippen LogP contribution in [0.3, 0.4) is 0 Å². The van der Waals surface area contributed by atoms with Gasteiger partial charge in [-0.3, -0.25) is 4.79 Å². The lowest BCUT2D eigenvalue weighted by Gasteiger charge is -2.08. The molecule has 1 aromatic carbocycles. The van der Waals surface area contributed by atoms with Crippen molar-refractivity contribution in [2.75, 3.05) is 6.61 Å². The van der Waals surface area contributed by atoms with Crippen LogP contribution in [0.1, 0.15) is 28.9 Å². The van der Waals surface area contributed by atoms with E-state index in [1.807, 2.05) is 0 Å². The maximum Gasteiger partial charge on any atom is 0.159 e. The molecule has 0 aliphatic heterocycles. The number of carbonyl (C=O) groups is 1. The van der Waals surface area contributed by atoms with Crippen LogP contribution < -0.4 is 5.73 Å². The number of carbonyl (C=O) groups excluding carboxylic acids is 1. The molecule has 1 aromatic rings. The summed E-state index contributed by atoms with van der Waals surface area (Å²) in [4.78, 5) is 11.0. The van der Waals surface area contributed by atoms with Crippen molar-refractivity contribution in [3.8, 4) is 0 Å². The Labute approximate surface area is 77.2 Å². The summed E-state index contributed by atoms with van der Waals surface area (Å²) in [5, 5.41) is 8.81. The topological polar surface area (TPSA) is 63.3 Å². The monoisotopic (exact) mass is 179 g/mol. The predicted octanol–water partition coefficient (Wildman–Crippen LogP) is 0.881. The van der Waals surface area contributed by atoms with Gasteiger partial charge in [0.05, 0.1) is 12.6 Å². The molecule has 0 saturated heterocycles. The number of rotatable bonds is 3. The van der Waals surface area contributed by atoms with Gasteiger partial charge in [-0.15, -0.1) is 0 Å². The summed E-state index contributed by atoms with van der Waals surface area (Å²) in [6, 6.07) is 6.60. The number of benzene rings is 1. The fourth-order valence-corrected chi connectivity index (χ4v) is 1.09. The van der Waals surface area contributed by atoms with Gasteiger partial charge in [0.1, 0.15) is 0 Å². The molecule has 0 aliphatic carbocycles. The van der Waals surface area contributed by atoms with Crippen LogP contribution in [0, 0.1) is 0 Å². The van der Waals surface area contributed by atoms with E-state index >= 15 is 0 Å². The second kappa shape index (κ2) is 4.16. The Hall–Kier alpha value is -1.19. The van der Waals surface area contributed by atoms with Crippen LogP contribution in [-0.2, 0) is 0 Å². The lowest BCUT2D eigenvalue weighted by atomic mass is 10.0. The molecule has 0 unspecified atom stereocenters. The first kappa shape index (κ1) is 9.89. The molecule has 0 saturated carbocycles. The Kier molecular flexibility index (Phi) is 3.17. The molecule has 1 atom stereocenters. The smallest absolute Gasteiger partial charge is 0.159 e. The Morgan fingerprint density at radius 1 is 1.62 bits per heavy atom. The van der Waals surface area contributed by atoms with Crippen LogP contribution in [0.25, 0.3) is 0 Å². The van der Waals surface area contributed by atoms with Gasteiger partial charge >= 0.3 is 0 Å². The van der Waals surface area contributed by atoms with E-state index in [4.69, 9.17) is 10.8 Å². The molecule has 0 amide bonds. The van der Waals surface area contributed by atoms with E-state index < -0.39 is 6.04 Å². The zero-order valence-corrected chi connectivity index (χ0v) is 7.53. The van der Waals surface area contributed by atoms with Crippen LogP contribution in [0.15, 0.2) is 24.3 Å². The summed E-state index contributed by atoms with van der Waals surface area (Å²) in [5.41, 5.74) is 7.02. The fraction of sp³-hybridized carbons (Fsp3) is 0.300. The SMILES string of the molecule is CC(=O)c1cccc([C@H](N)CO)c1. The van der Waals surface area contributed by atoms with Crippen LogP contribution in [0.5, 0.6) is 0 Å². The number of ketones is 1. The van der Waals surface area contributed by atoms with E-state index in [2.05, 4.69) is 0 Å². The number of hydrogen-bond acceptors (Lipinski definition) is 3. The van der Waals surface area contributed by atoms with Gasteiger partial charge in [0.15, 0.2) is 5.78 Å². The third kappa shape index (κ3) is 2.37. The zero-order chi connectivity index (χ0) is 9.84. The number of hydrogen-bond donors (Lipinski definition) is 2. The van der Waals surface area contributed by atoms with Crippen LogP contribution in [0.2, 0.25) is 0 Å². The highest BCUT2D eigenvalue weighted by Gasteiger charge is 2.06. The van der Waals surface area contributed by atoms with Crippen LogP contribution >= 0.6 is 0 Å². The van der Waals surface area contributed by atoms with Crippen molar-refractivity contribution in [2.45, 2.75) is 13.0 Å². The highest BCUT2D eigenvalue weighted by molar-refractivity contribution is 5.94. The van der Waals surface area contributed by atoms with Gasteiger partial charge in [-0.1, -0.05) is 18.2 Å². The summed E-state index contributed by atoms with van der Waals surface area (Å²) >= 11 is 0. The molecule has 1 rings (SSSR count). The number of nitrogens with two attached hydrogens (primary N) is 1. The molecule has 0 bridgehead atoms. The Morgan fingerprint density at radius 3 is 2.85 bits per heavy atom. The quantitative estimate of drug-likeness (QED) is 0.677. The van der Waals surface area contributed by atoms with Crippen molar-refractivity contribution >= 4 is 5.78 Å². The molecule has 70 valence electrons. The van der Waals surface area contributed by atoms with Crippen LogP contribution in [-0.4, -0.2) is 17.5 Å². The molecular weight excluding hydrogens is 166 g/mol. The summed E-state index contributed by atoms with van der Waals surface area (Å²) < 4.78 is 0. The Morgan fingerprint density at radius 2 is 2.31 bits per heavy atom. The van der Waals surface area contributed by atoms with E-state index in [0.717, 1.165) is 5.56 Å². The average Bonchev–Trinajstić information content (AvgIpc) is 2.17.